The molecule has 3 nitrogen and oxygen atoms in total. The zero-order valence-electron chi connectivity index (χ0n) is 12.2. The molecule has 0 atom stereocenters. The van der Waals surface area contributed by atoms with E-state index in [1.807, 2.05) is 19.6 Å². The van der Waals surface area contributed by atoms with E-state index in [1.54, 1.807) is 0 Å². The van der Waals surface area contributed by atoms with E-state index in [4.69, 9.17) is 4.80 Å². The minimum Gasteiger partial charge on any atom is -0.433 e. The molecule has 99 valence electrons. The van der Waals surface area contributed by atoms with Crippen LogP contribution in [0.2, 0.25) is 19.6 Å². The molecule has 1 N–H and O–H groups in total. The molecule has 0 aromatic carbocycles. The van der Waals surface area contributed by atoms with E-state index in [0.29, 0.717) is 0 Å². The quantitative estimate of drug-likeness (QED) is 0.597. The van der Waals surface area contributed by atoms with Gasteiger partial charge in [0.15, 0.2) is 8.32 Å². The summed E-state index contributed by atoms with van der Waals surface area (Å²) in [7, 11) is -1.61. The van der Waals surface area contributed by atoms with Crippen molar-refractivity contribution in [2.75, 3.05) is 0 Å². The summed E-state index contributed by atoms with van der Waals surface area (Å²) >= 11 is -0.664. The minimum atomic E-state index is -1.61. The molecule has 0 saturated heterocycles. The fourth-order valence-corrected chi connectivity index (χ4v) is 2.01. The van der Waals surface area contributed by atoms with Crippen molar-refractivity contribution in [2.45, 2.75) is 72.3 Å². The van der Waals surface area contributed by atoms with Gasteiger partial charge in [-0.05, 0) is 19.6 Å². The van der Waals surface area contributed by atoms with E-state index >= 15 is 0 Å². The van der Waals surface area contributed by atoms with Gasteiger partial charge < -0.3 is 4.80 Å². The van der Waals surface area contributed by atoms with Gasteiger partial charge in [0, 0.05) is 0 Å². The topological polar surface area (TPSA) is 45.0 Å². The van der Waals surface area contributed by atoms with E-state index in [-0.39, 0.29) is 11.1 Å². The van der Waals surface area contributed by atoms with Gasteiger partial charge in [-0.2, -0.15) is 0 Å². The molecule has 0 saturated carbocycles. The molecule has 0 aliphatic heterocycles. The Morgan fingerprint density at radius 3 is 1.12 bits per heavy atom. The summed E-state index contributed by atoms with van der Waals surface area (Å²) in [5.74, 6) is 0. The van der Waals surface area contributed by atoms with Gasteiger partial charge in [0.1, 0.15) is 0 Å². The molecule has 0 unspecified atom stereocenters. The maximum atomic E-state index is 8.66. The standard InChI is InChI=1S/2C4H9N.C3H10OSi.Re/c2*1-4(2,3)5;1-5(2,3)4;/h2*1-3H3;4H,1-3H3;. The summed E-state index contributed by atoms with van der Waals surface area (Å²) in [6.45, 7) is 18.4. The van der Waals surface area contributed by atoms with E-state index in [9.17, 15) is 0 Å². The van der Waals surface area contributed by atoms with Gasteiger partial charge in [-0.3, -0.25) is 0 Å². The maximum Gasteiger partial charge on any atom is 0.179 e. The van der Waals surface area contributed by atoms with Crippen LogP contribution in [0.4, 0.5) is 0 Å². The molecular weight excluding hydrogens is 390 g/mol. The van der Waals surface area contributed by atoms with Crippen molar-refractivity contribution in [1.82, 2.24) is 0 Å². The fourth-order valence-electron chi connectivity index (χ4n) is 0.246. The van der Waals surface area contributed by atoms with Gasteiger partial charge in [-0.15, -0.1) is 0 Å². The van der Waals surface area contributed by atoms with Gasteiger partial charge in [-0.25, -0.2) is 0 Å². The summed E-state index contributed by atoms with van der Waals surface area (Å²) in [5.41, 5.74) is 0.236. The van der Waals surface area contributed by atoms with Crippen LogP contribution in [0.15, 0.2) is 7.14 Å². The van der Waals surface area contributed by atoms with E-state index in [2.05, 4.69) is 48.7 Å². The van der Waals surface area contributed by atoms with E-state index in [1.165, 1.54) is 0 Å². The average molecular weight is 419 g/mol. The van der Waals surface area contributed by atoms with Crippen molar-refractivity contribution in [2.24, 2.45) is 7.14 Å². The van der Waals surface area contributed by atoms with Crippen molar-refractivity contribution in [3.05, 3.63) is 0 Å². The summed E-state index contributed by atoms with van der Waals surface area (Å²) in [6.07, 6.45) is 0. The first-order chi connectivity index (χ1) is 6.71. The molecule has 0 aliphatic rings. The molecule has 0 bridgehead atoms. The van der Waals surface area contributed by atoms with Gasteiger partial charge in [0.05, 0.1) is 0 Å². The van der Waals surface area contributed by atoms with Crippen LogP contribution in [0.1, 0.15) is 41.5 Å². The number of hydrogen-bond acceptors (Lipinski definition) is 3. The summed E-state index contributed by atoms with van der Waals surface area (Å²) in [5, 5.41) is 0. The van der Waals surface area contributed by atoms with Crippen molar-refractivity contribution >= 4 is 8.32 Å². The molecule has 5 heteroatoms. The van der Waals surface area contributed by atoms with Crippen LogP contribution >= 0.6 is 0 Å². The van der Waals surface area contributed by atoms with Crippen LogP contribution in [-0.2, 0) is 17.6 Å². The van der Waals surface area contributed by atoms with Gasteiger partial charge in [-0.1, -0.05) is 0 Å². The predicted octanol–water partition coefficient (Wildman–Crippen LogP) is 3.85. The Labute approximate surface area is 110 Å². The predicted molar refractivity (Wildman–Crippen MR) is 69.9 cm³/mol. The molecule has 0 radical (unpaired) electrons. The Morgan fingerprint density at radius 1 is 0.812 bits per heavy atom. The number of nitrogens with zero attached hydrogens (tertiary/aromatic N) is 2. The van der Waals surface area contributed by atoms with Crippen LogP contribution in [0.5, 0.6) is 0 Å². The molecule has 0 aromatic rings. The van der Waals surface area contributed by atoms with Crippen molar-refractivity contribution < 1.29 is 22.4 Å². The third-order valence-electron chi connectivity index (χ3n) is 0.583. The van der Waals surface area contributed by atoms with Gasteiger partial charge in [0.25, 0.3) is 0 Å². The molecule has 0 aromatic heterocycles. The van der Waals surface area contributed by atoms with Crippen LogP contribution in [-0.4, -0.2) is 24.2 Å². The zero-order chi connectivity index (χ0) is 13.6. The Bertz CT molecular complexity index is 229. The molecule has 0 aliphatic carbocycles. The molecule has 0 rings (SSSR count). The third kappa shape index (κ3) is 36.6. The Morgan fingerprint density at radius 2 is 1.00 bits per heavy atom. The van der Waals surface area contributed by atoms with Crippen LogP contribution < -0.4 is 0 Å². The molecule has 0 fully saturated rings. The first kappa shape index (κ1) is 18.8. The second-order valence-electron chi connectivity index (χ2n) is 6.76. The first-order valence-corrected chi connectivity index (χ1v) is 11.4. The molecule has 16 heavy (non-hydrogen) atoms. The van der Waals surface area contributed by atoms with Crippen molar-refractivity contribution in [1.29, 1.82) is 0 Å². The van der Waals surface area contributed by atoms with Crippen LogP contribution in [0, 0.1) is 0 Å². The third-order valence-corrected chi connectivity index (χ3v) is 4.77. The van der Waals surface area contributed by atoms with Crippen molar-refractivity contribution in [3.8, 4) is 0 Å². The van der Waals surface area contributed by atoms with Gasteiger partial charge >= 0.3 is 77.4 Å². The molecular formula is C11H28N2OReSi. The first-order valence-electron chi connectivity index (χ1n) is 5.51. The van der Waals surface area contributed by atoms with E-state index in [0.717, 1.165) is 0 Å². The second kappa shape index (κ2) is 7.00. The van der Waals surface area contributed by atoms with Crippen molar-refractivity contribution in [3.63, 3.8) is 0 Å². The fraction of sp³-hybridized carbons (Fsp3) is 1.00. The smallest absolute Gasteiger partial charge is 0.179 e. The molecule has 0 heterocycles. The summed E-state index contributed by atoms with van der Waals surface area (Å²) in [4.78, 5) is 8.66. The summed E-state index contributed by atoms with van der Waals surface area (Å²) < 4.78 is 9.06. The maximum absolute atomic E-state index is 8.66. The zero-order valence-corrected chi connectivity index (χ0v) is 15.9. The SMILES string of the molecule is CC(C)(C)[N]=[Re]=[N]C(C)(C)C.C[Si](C)(C)O. The molecule has 0 amide bonds. The molecule has 0 spiro atoms. The monoisotopic (exact) mass is 419 g/mol. The van der Waals surface area contributed by atoms with E-state index < -0.39 is 25.9 Å². The largest absolute Gasteiger partial charge is 0.433 e. The Hall–Kier alpha value is 0.439. The normalized spacial score (nSPS) is 12.4. The minimum absolute atomic E-state index is 0.118. The Kier molecular flexibility index (Phi) is 8.23. The number of hydrogen-bond donors (Lipinski definition) is 1. The average Bonchev–Trinajstić information content (AvgIpc) is 1.74. The number of rotatable bonds is 0. The van der Waals surface area contributed by atoms with Crippen LogP contribution in [0.25, 0.3) is 0 Å². The van der Waals surface area contributed by atoms with Crippen LogP contribution in [0.3, 0.4) is 0 Å². The second-order valence-corrected chi connectivity index (χ2v) is 12.9. The Balaban J connectivity index is 0. The van der Waals surface area contributed by atoms with Gasteiger partial charge in [0.2, 0.25) is 0 Å². The summed E-state index contributed by atoms with van der Waals surface area (Å²) in [6, 6.07) is 0.